The minimum atomic E-state index is -0.779. The molecular weight excluding hydrogens is 448 g/mol. The van der Waals surface area contributed by atoms with Crippen LogP contribution in [-0.4, -0.2) is 37.6 Å². The van der Waals surface area contributed by atoms with E-state index in [1.54, 1.807) is 35.4 Å². The van der Waals surface area contributed by atoms with Gasteiger partial charge in [0.15, 0.2) is 5.82 Å². The molecule has 4 aromatic heterocycles. The minimum absolute atomic E-state index is 0.279. The van der Waals surface area contributed by atoms with E-state index in [1.807, 2.05) is 54.0 Å². The maximum atomic E-state index is 13.3. The van der Waals surface area contributed by atoms with Crippen molar-refractivity contribution in [3.63, 3.8) is 0 Å². The fourth-order valence-corrected chi connectivity index (χ4v) is 4.40. The van der Waals surface area contributed by atoms with Crippen LogP contribution in [0, 0.1) is 0 Å². The number of anilines is 1. The largest absolute Gasteiger partial charge is 0.361 e. The van der Waals surface area contributed by atoms with Gasteiger partial charge in [0.1, 0.15) is 6.04 Å². The predicted octanol–water partition coefficient (Wildman–Crippen LogP) is 3.85. The molecule has 5 aromatic rings. The Balaban J connectivity index is 1.34. The monoisotopic (exact) mass is 470 g/mol. The van der Waals surface area contributed by atoms with Crippen LogP contribution >= 0.6 is 11.3 Å². The van der Waals surface area contributed by atoms with Crippen molar-refractivity contribution in [1.29, 1.82) is 0 Å². The van der Waals surface area contributed by atoms with E-state index in [0.29, 0.717) is 23.7 Å². The first-order valence-corrected chi connectivity index (χ1v) is 11.7. The van der Waals surface area contributed by atoms with E-state index in [1.165, 1.54) is 11.3 Å². The maximum Gasteiger partial charge on any atom is 0.262 e. The second kappa shape index (κ2) is 9.72. The number of hydrogen-bond acceptors (Lipinski definition) is 5. The Morgan fingerprint density at radius 3 is 2.74 bits per heavy atom. The summed E-state index contributed by atoms with van der Waals surface area (Å²) < 4.78 is 1.74. The second-order valence-corrected chi connectivity index (χ2v) is 8.76. The summed E-state index contributed by atoms with van der Waals surface area (Å²) in [6.07, 6.45) is 7.48. The van der Waals surface area contributed by atoms with Crippen molar-refractivity contribution in [3.05, 3.63) is 101 Å². The van der Waals surface area contributed by atoms with Gasteiger partial charge in [-0.1, -0.05) is 24.3 Å². The number of hydrogen-bond donors (Lipinski definition) is 3. The highest BCUT2D eigenvalue weighted by Gasteiger charge is 2.24. The zero-order valence-electron chi connectivity index (χ0n) is 18.1. The fourth-order valence-electron chi connectivity index (χ4n) is 3.77. The van der Waals surface area contributed by atoms with Gasteiger partial charge in [0, 0.05) is 48.2 Å². The average Bonchev–Trinajstić information content (AvgIpc) is 3.61. The van der Waals surface area contributed by atoms with Gasteiger partial charge in [-0.3, -0.25) is 19.3 Å². The number of rotatable bonds is 8. The number of carbonyl (C=O) groups excluding carboxylic acids is 2. The minimum Gasteiger partial charge on any atom is -0.361 e. The van der Waals surface area contributed by atoms with Crippen LogP contribution < -0.4 is 10.6 Å². The number of H-pyrrole nitrogens is 1. The molecule has 1 aromatic carbocycles. The van der Waals surface area contributed by atoms with Gasteiger partial charge in [-0.2, -0.15) is 5.10 Å². The van der Waals surface area contributed by atoms with E-state index in [2.05, 4.69) is 25.7 Å². The van der Waals surface area contributed by atoms with Crippen LogP contribution in [0.2, 0.25) is 0 Å². The SMILES string of the molecule is O=C(NC(Cc1c[nH]c2ccccc12)C(=O)Nc1ccn(Cc2ccncc2)n1)c1cccs1. The van der Waals surface area contributed by atoms with Crippen LogP contribution in [0.3, 0.4) is 0 Å². The van der Waals surface area contributed by atoms with Crippen LogP contribution in [-0.2, 0) is 17.8 Å². The van der Waals surface area contributed by atoms with Gasteiger partial charge >= 0.3 is 0 Å². The molecule has 0 spiro atoms. The number of nitrogens with zero attached hydrogens (tertiary/aromatic N) is 3. The summed E-state index contributed by atoms with van der Waals surface area (Å²) in [6, 6.07) is 16.2. The highest BCUT2D eigenvalue weighted by atomic mass is 32.1. The summed E-state index contributed by atoms with van der Waals surface area (Å²) >= 11 is 1.33. The molecule has 8 nitrogen and oxygen atoms in total. The number of carbonyl (C=O) groups is 2. The van der Waals surface area contributed by atoms with Gasteiger partial charge < -0.3 is 15.6 Å². The Kier molecular flexibility index (Phi) is 6.17. The molecule has 0 aliphatic heterocycles. The number of nitrogens with one attached hydrogen (secondary N) is 3. The number of benzene rings is 1. The maximum absolute atomic E-state index is 13.3. The third kappa shape index (κ3) is 4.89. The standard InChI is InChI=1S/C25H22N6O2S/c32-24(29-23-9-12-31(30-23)16-17-7-10-26-11-8-17)21(28-25(33)22-6-3-13-34-22)14-18-15-27-20-5-2-1-4-19(18)20/h1-13,15,21,27H,14,16H2,(H,28,33)(H,29,30,32). The van der Waals surface area contributed by atoms with Crippen molar-refractivity contribution in [2.75, 3.05) is 5.32 Å². The summed E-state index contributed by atoms with van der Waals surface area (Å²) in [5, 5.41) is 13.1. The van der Waals surface area contributed by atoms with E-state index in [0.717, 1.165) is 22.0 Å². The lowest BCUT2D eigenvalue weighted by molar-refractivity contribution is -0.118. The Morgan fingerprint density at radius 2 is 1.91 bits per heavy atom. The fraction of sp³-hybridized carbons (Fsp3) is 0.120. The molecule has 0 radical (unpaired) electrons. The van der Waals surface area contributed by atoms with Gasteiger partial charge in [0.05, 0.1) is 11.4 Å². The molecule has 1 unspecified atom stereocenters. The molecule has 3 N–H and O–H groups in total. The highest BCUT2D eigenvalue weighted by Crippen LogP contribution is 2.20. The molecule has 170 valence electrons. The van der Waals surface area contributed by atoms with Crippen molar-refractivity contribution in [3.8, 4) is 0 Å². The molecule has 34 heavy (non-hydrogen) atoms. The Bertz CT molecular complexity index is 1410. The Labute approximate surface area is 199 Å². The molecule has 4 heterocycles. The Morgan fingerprint density at radius 1 is 1.06 bits per heavy atom. The quantitative estimate of drug-likeness (QED) is 0.320. The molecule has 1 atom stereocenters. The number of para-hydroxylation sites is 1. The third-order valence-electron chi connectivity index (χ3n) is 5.45. The lowest BCUT2D eigenvalue weighted by atomic mass is 10.0. The van der Waals surface area contributed by atoms with E-state index >= 15 is 0 Å². The average molecular weight is 471 g/mol. The van der Waals surface area contributed by atoms with Gasteiger partial charge in [0.2, 0.25) is 5.91 Å². The van der Waals surface area contributed by atoms with Crippen molar-refractivity contribution < 1.29 is 9.59 Å². The summed E-state index contributed by atoms with van der Waals surface area (Å²) in [6.45, 7) is 0.562. The van der Waals surface area contributed by atoms with Crippen molar-refractivity contribution in [2.45, 2.75) is 19.0 Å². The van der Waals surface area contributed by atoms with E-state index < -0.39 is 6.04 Å². The predicted molar refractivity (Wildman–Crippen MR) is 132 cm³/mol. The molecule has 9 heteroatoms. The molecular formula is C25H22N6O2S. The molecule has 0 saturated carbocycles. The zero-order valence-corrected chi connectivity index (χ0v) is 19.0. The molecule has 5 rings (SSSR count). The highest BCUT2D eigenvalue weighted by molar-refractivity contribution is 7.12. The van der Waals surface area contributed by atoms with Crippen molar-refractivity contribution in [1.82, 2.24) is 25.1 Å². The van der Waals surface area contributed by atoms with Gasteiger partial charge in [-0.15, -0.1) is 11.3 Å². The Hall–Kier alpha value is -4.24. The van der Waals surface area contributed by atoms with Gasteiger partial charge in [0.25, 0.3) is 5.91 Å². The van der Waals surface area contributed by atoms with Crippen molar-refractivity contribution >= 4 is 39.9 Å². The first-order valence-electron chi connectivity index (χ1n) is 10.8. The number of fused-ring (bicyclic) bond motifs is 1. The van der Waals surface area contributed by atoms with Crippen LogP contribution in [0.5, 0.6) is 0 Å². The molecule has 0 bridgehead atoms. The molecule has 0 aliphatic rings. The van der Waals surface area contributed by atoms with E-state index in [4.69, 9.17) is 0 Å². The lowest BCUT2D eigenvalue weighted by Gasteiger charge is -2.17. The van der Waals surface area contributed by atoms with Crippen LogP contribution in [0.1, 0.15) is 20.8 Å². The third-order valence-corrected chi connectivity index (χ3v) is 6.32. The van der Waals surface area contributed by atoms with E-state index in [-0.39, 0.29) is 11.8 Å². The first-order chi connectivity index (χ1) is 16.7. The second-order valence-electron chi connectivity index (χ2n) is 7.81. The summed E-state index contributed by atoms with van der Waals surface area (Å²) in [5.41, 5.74) is 2.98. The topological polar surface area (TPSA) is 105 Å². The summed E-state index contributed by atoms with van der Waals surface area (Å²) in [7, 11) is 0. The van der Waals surface area contributed by atoms with Crippen LogP contribution in [0.4, 0.5) is 5.82 Å². The number of amides is 2. The summed E-state index contributed by atoms with van der Waals surface area (Å²) in [4.78, 5) is 33.8. The van der Waals surface area contributed by atoms with Gasteiger partial charge in [-0.05, 0) is 40.8 Å². The number of pyridine rings is 1. The van der Waals surface area contributed by atoms with Crippen LogP contribution in [0.25, 0.3) is 10.9 Å². The number of aromatic nitrogens is 4. The van der Waals surface area contributed by atoms with Crippen LogP contribution in [0.15, 0.2) is 84.8 Å². The van der Waals surface area contributed by atoms with Gasteiger partial charge in [-0.25, -0.2) is 0 Å². The molecule has 0 aliphatic carbocycles. The smallest absolute Gasteiger partial charge is 0.262 e. The molecule has 0 saturated heterocycles. The van der Waals surface area contributed by atoms with E-state index in [9.17, 15) is 9.59 Å². The number of aromatic amines is 1. The lowest BCUT2D eigenvalue weighted by Crippen LogP contribution is -2.45. The summed E-state index contributed by atoms with van der Waals surface area (Å²) in [5.74, 6) is -0.184. The zero-order chi connectivity index (χ0) is 23.3. The van der Waals surface area contributed by atoms with Crippen molar-refractivity contribution in [2.24, 2.45) is 0 Å². The first kappa shape index (κ1) is 21.6. The molecule has 0 fully saturated rings. The normalized spacial score (nSPS) is 11.9. The number of thiophene rings is 1. The molecule has 2 amide bonds.